The van der Waals surface area contributed by atoms with E-state index in [4.69, 9.17) is 4.74 Å². The number of carbonyl (C=O) groups is 1. The van der Waals surface area contributed by atoms with Gasteiger partial charge in [-0.1, -0.05) is 6.07 Å². The summed E-state index contributed by atoms with van der Waals surface area (Å²) in [6.07, 6.45) is -6.02. The topological polar surface area (TPSA) is 109 Å². The number of aromatic nitrogens is 1. The Morgan fingerprint density at radius 1 is 1.09 bits per heavy atom. The molecule has 1 aliphatic heterocycles. The fourth-order valence-corrected chi connectivity index (χ4v) is 7.18. The van der Waals surface area contributed by atoms with Crippen molar-refractivity contribution < 1.29 is 54.1 Å². The SMILES string of the molecule is CC(C)(C)N(C(=O)O)C(C)(C)C[C@H]1CN(S(=O)(=O)c2cccc(C(F)(F)F)c2)c2cc(-c3cc(F)cc(OC(F)F)c3)cnc2O1. The van der Waals surface area contributed by atoms with Crippen LogP contribution in [0.25, 0.3) is 11.1 Å². The molecule has 2 heterocycles. The van der Waals surface area contributed by atoms with Crippen LogP contribution in [0.4, 0.5) is 36.8 Å². The van der Waals surface area contributed by atoms with Crippen molar-refractivity contribution in [1.29, 1.82) is 0 Å². The van der Waals surface area contributed by atoms with Gasteiger partial charge in [0.1, 0.15) is 23.4 Å². The van der Waals surface area contributed by atoms with E-state index >= 15 is 0 Å². The first-order valence-electron chi connectivity index (χ1n) is 13.8. The smallest absolute Gasteiger partial charge is 0.416 e. The molecular formula is C30H31F6N3O6S. The minimum Gasteiger partial charge on any atom is -0.471 e. The van der Waals surface area contributed by atoms with Gasteiger partial charge in [-0.2, -0.15) is 22.0 Å². The number of benzene rings is 2. The molecular weight excluding hydrogens is 644 g/mol. The first-order chi connectivity index (χ1) is 21.1. The average Bonchev–Trinajstić information content (AvgIpc) is 2.89. The van der Waals surface area contributed by atoms with E-state index in [0.29, 0.717) is 12.1 Å². The molecule has 2 aromatic carbocycles. The largest absolute Gasteiger partial charge is 0.471 e. The number of sulfonamides is 1. The maximum Gasteiger partial charge on any atom is 0.416 e. The van der Waals surface area contributed by atoms with Gasteiger partial charge in [0, 0.05) is 35.3 Å². The van der Waals surface area contributed by atoms with Crippen molar-refractivity contribution in [2.45, 2.75) is 75.9 Å². The molecule has 0 aliphatic carbocycles. The molecule has 0 radical (unpaired) electrons. The van der Waals surface area contributed by atoms with Crippen LogP contribution in [0.5, 0.6) is 11.6 Å². The number of pyridine rings is 1. The third kappa shape index (κ3) is 7.43. The molecule has 0 bridgehead atoms. The van der Waals surface area contributed by atoms with Gasteiger partial charge in [-0.3, -0.25) is 9.21 Å². The number of halogens is 6. The summed E-state index contributed by atoms with van der Waals surface area (Å²) in [7, 11) is -4.76. The summed E-state index contributed by atoms with van der Waals surface area (Å²) >= 11 is 0. The van der Waals surface area contributed by atoms with Crippen molar-refractivity contribution in [2.24, 2.45) is 0 Å². The van der Waals surface area contributed by atoms with Gasteiger partial charge in [-0.25, -0.2) is 22.6 Å². The summed E-state index contributed by atoms with van der Waals surface area (Å²) in [5.74, 6) is -1.72. The number of nitrogens with zero attached hydrogens (tertiary/aromatic N) is 3. The Balaban J connectivity index is 1.84. The number of rotatable bonds is 8. The van der Waals surface area contributed by atoms with E-state index in [1.165, 1.54) is 17.2 Å². The Morgan fingerprint density at radius 3 is 2.35 bits per heavy atom. The van der Waals surface area contributed by atoms with E-state index in [-0.39, 0.29) is 29.1 Å². The fourth-order valence-electron chi connectivity index (χ4n) is 5.64. The monoisotopic (exact) mass is 675 g/mol. The molecule has 1 N–H and O–H groups in total. The zero-order valence-electron chi connectivity index (χ0n) is 25.3. The quantitative estimate of drug-likeness (QED) is 0.248. The molecule has 46 heavy (non-hydrogen) atoms. The highest BCUT2D eigenvalue weighted by Gasteiger charge is 2.44. The molecule has 1 aromatic heterocycles. The summed E-state index contributed by atoms with van der Waals surface area (Å²) in [5.41, 5.74) is -3.42. The third-order valence-electron chi connectivity index (χ3n) is 7.12. The summed E-state index contributed by atoms with van der Waals surface area (Å²) in [6.45, 7) is 4.55. The van der Waals surface area contributed by atoms with Crippen molar-refractivity contribution >= 4 is 21.8 Å². The highest BCUT2D eigenvalue weighted by molar-refractivity contribution is 7.92. The Morgan fingerprint density at radius 2 is 1.76 bits per heavy atom. The van der Waals surface area contributed by atoms with Crippen LogP contribution in [0.15, 0.2) is 59.6 Å². The first-order valence-corrected chi connectivity index (χ1v) is 15.2. The van der Waals surface area contributed by atoms with Crippen LogP contribution in [0.1, 0.15) is 46.6 Å². The highest BCUT2D eigenvalue weighted by Crippen LogP contribution is 2.42. The van der Waals surface area contributed by atoms with Gasteiger partial charge in [0.05, 0.1) is 17.0 Å². The van der Waals surface area contributed by atoms with Crippen molar-refractivity contribution in [3.8, 4) is 22.8 Å². The number of ether oxygens (including phenoxy) is 2. The molecule has 1 aliphatic rings. The lowest BCUT2D eigenvalue weighted by molar-refractivity contribution is -0.137. The number of fused-ring (bicyclic) bond motifs is 1. The molecule has 0 unspecified atom stereocenters. The van der Waals surface area contributed by atoms with Gasteiger partial charge in [0.25, 0.3) is 10.0 Å². The van der Waals surface area contributed by atoms with Crippen LogP contribution in [-0.4, -0.2) is 59.8 Å². The molecule has 250 valence electrons. The average molecular weight is 676 g/mol. The van der Waals surface area contributed by atoms with Crippen LogP contribution in [-0.2, 0) is 16.2 Å². The molecule has 0 saturated carbocycles. The van der Waals surface area contributed by atoms with Crippen molar-refractivity contribution in [1.82, 2.24) is 9.88 Å². The van der Waals surface area contributed by atoms with Gasteiger partial charge >= 0.3 is 18.9 Å². The van der Waals surface area contributed by atoms with Gasteiger partial charge in [0.15, 0.2) is 0 Å². The number of hydrogen-bond donors (Lipinski definition) is 1. The molecule has 0 saturated heterocycles. The number of hydrogen-bond acceptors (Lipinski definition) is 6. The fraction of sp³-hybridized carbons (Fsp3) is 0.400. The Bertz CT molecular complexity index is 1730. The lowest BCUT2D eigenvalue weighted by atomic mass is 9.89. The molecule has 0 spiro atoms. The lowest BCUT2D eigenvalue weighted by Gasteiger charge is -2.47. The van der Waals surface area contributed by atoms with Gasteiger partial charge < -0.3 is 14.6 Å². The van der Waals surface area contributed by atoms with Crippen LogP contribution in [0.3, 0.4) is 0 Å². The van der Waals surface area contributed by atoms with E-state index < -0.39 is 74.7 Å². The van der Waals surface area contributed by atoms with Crippen molar-refractivity contribution in [3.05, 3.63) is 66.1 Å². The van der Waals surface area contributed by atoms with Gasteiger partial charge in [-0.15, -0.1) is 0 Å². The molecule has 1 amide bonds. The second-order valence-corrected chi connectivity index (χ2v) is 14.1. The molecule has 4 rings (SSSR count). The number of carboxylic acid groups (broad SMARTS) is 1. The second-order valence-electron chi connectivity index (χ2n) is 12.2. The van der Waals surface area contributed by atoms with Gasteiger partial charge in [-0.05, 0) is 76.6 Å². The predicted molar refractivity (Wildman–Crippen MR) is 155 cm³/mol. The standard InChI is InChI=1S/C30H31F6N3O6S/c1-28(2,3)39(27(40)41)29(4,5)14-22-16-38(46(42,43)23-8-6-7-19(12-23)30(34,35)36)24-11-18(15-37-25(24)44-22)17-9-20(31)13-21(10-17)45-26(32)33/h6-13,15,22,26H,14,16H2,1-5H3,(H,40,41)/t22-/m0/s1. The zero-order chi connectivity index (χ0) is 34.4. The molecule has 3 aromatic rings. The van der Waals surface area contributed by atoms with Gasteiger partial charge in [0.2, 0.25) is 5.88 Å². The maximum absolute atomic E-state index is 14.3. The van der Waals surface area contributed by atoms with Crippen LogP contribution >= 0.6 is 0 Å². The minimum atomic E-state index is -4.85. The van der Waals surface area contributed by atoms with E-state index in [2.05, 4.69) is 9.72 Å². The minimum absolute atomic E-state index is 0.0205. The second kappa shape index (κ2) is 12.2. The molecule has 1 atom stereocenters. The Hall–Kier alpha value is -4.21. The first kappa shape index (κ1) is 34.7. The summed E-state index contributed by atoms with van der Waals surface area (Å²) in [6, 6.07) is 7.11. The normalized spacial score (nSPS) is 15.7. The van der Waals surface area contributed by atoms with Crippen molar-refractivity contribution in [3.63, 3.8) is 0 Å². The Labute approximate surface area is 261 Å². The number of amides is 1. The third-order valence-corrected chi connectivity index (χ3v) is 8.90. The van der Waals surface area contributed by atoms with E-state index in [1.807, 2.05) is 0 Å². The predicted octanol–water partition coefficient (Wildman–Crippen LogP) is 7.41. The van der Waals surface area contributed by atoms with Crippen LogP contribution < -0.4 is 13.8 Å². The molecule has 9 nitrogen and oxygen atoms in total. The number of anilines is 1. The summed E-state index contributed by atoms with van der Waals surface area (Å²) < 4.78 is 120. The Kier molecular flexibility index (Phi) is 9.18. The van der Waals surface area contributed by atoms with E-state index in [1.54, 1.807) is 34.6 Å². The van der Waals surface area contributed by atoms with Crippen LogP contribution in [0, 0.1) is 5.82 Å². The summed E-state index contributed by atoms with van der Waals surface area (Å²) in [5, 5.41) is 9.98. The maximum atomic E-state index is 14.3. The lowest BCUT2D eigenvalue weighted by Crippen LogP contribution is -2.59. The van der Waals surface area contributed by atoms with E-state index in [0.717, 1.165) is 34.6 Å². The summed E-state index contributed by atoms with van der Waals surface area (Å²) in [4.78, 5) is 16.9. The van der Waals surface area contributed by atoms with Crippen molar-refractivity contribution in [2.75, 3.05) is 10.8 Å². The highest BCUT2D eigenvalue weighted by atomic mass is 32.2. The van der Waals surface area contributed by atoms with Crippen LogP contribution in [0.2, 0.25) is 0 Å². The number of alkyl halides is 5. The zero-order valence-corrected chi connectivity index (χ0v) is 26.1. The molecule has 0 fully saturated rings. The molecule has 16 heteroatoms. The van der Waals surface area contributed by atoms with E-state index in [9.17, 15) is 44.7 Å².